The number of nitrogens with zero attached hydrogens (tertiary/aromatic N) is 9. The van der Waals surface area contributed by atoms with Crippen molar-refractivity contribution in [2.45, 2.75) is 13.1 Å². The van der Waals surface area contributed by atoms with Crippen LogP contribution in [0.4, 0.5) is 0 Å². The molecule has 16 heteroatoms. The Hall–Kier alpha value is -5.76. The van der Waals surface area contributed by atoms with Crippen LogP contribution in [0.3, 0.4) is 0 Å². The second-order valence-electron chi connectivity index (χ2n) is 8.37. The second kappa shape index (κ2) is 12.9. The zero-order chi connectivity index (χ0) is 29.4. The zero-order valence-corrected chi connectivity index (χ0v) is 22.2. The molecule has 0 radical (unpaired) electrons. The number of fused-ring (bicyclic) bond motifs is 3. The van der Waals surface area contributed by atoms with E-state index in [1.807, 2.05) is 36.4 Å². The van der Waals surface area contributed by atoms with Crippen molar-refractivity contribution < 1.29 is 28.6 Å². The average Bonchev–Trinajstić information content (AvgIpc) is 3.74. The lowest BCUT2D eigenvalue weighted by Crippen LogP contribution is -2.11. The molecule has 0 unspecified atom stereocenters. The maximum Gasteiger partial charge on any atom is 0.327 e. The van der Waals surface area contributed by atoms with Gasteiger partial charge in [-0.25, -0.2) is 9.36 Å². The summed E-state index contributed by atoms with van der Waals surface area (Å²) in [6, 6.07) is 11.9. The minimum atomic E-state index is -0.525. The van der Waals surface area contributed by atoms with E-state index in [-0.39, 0.29) is 19.6 Å². The van der Waals surface area contributed by atoms with E-state index in [2.05, 4.69) is 49.8 Å². The van der Waals surface area contributed by atoms with E-state index < -0.39 is 17.9 Å². The lowest BCUT2D eigenvalue weighted by molar-refractivity contribution is -0.142. The first-order chi connectivity index (χ1) is 19.8. The van der Waals surface area contributed by atoms with Crippen molar-refractivity contribution in [3.8, 4) is 22.5 Å². The number of carbonyl (C=O) groups is 3. The predicted molar refractivity (Wildman–Crippen MR) is 144 cm³/mol. The number of benzene rings is 2. The van der Waals surface area contributed by atoms with Gasteiger partial charge in [0.05, 0.1) is 33.7 Å². The summed E-state index contributed by atoms with van der Waals surface area (Å²) in [7, 11) is 3.90. The number of hydrogen-bond acceptors (Lipinski definition) is 11. The van der Waals surface area contributed by atoms with Gasteiger partial charge in [0.15, 0.2) is 0 Å². The van der Waals surface area contributed by atoms with Crippen LogP contribution in [0.5, 0.6) is 0 Å². The molecule has 210 valence electrons. The van der Waals surface area contributed by atoms with E-state index in [0.29, 0.717) is 11.4 Å². The van der Waals surface area contributed by atoms with Gasteiger partial charge in [0, 0.05) is 37.8 Å². The van der Waals surface area contributed by atoms with E-state index in [9.17, 15) is 14.4 Å². The number of hydrogen-bond donors (Lipinski definition) is 1. The first-order valence-electron chi connectivity index (χ1n) is 11.9. The molecule has 0 aliphatic carbocycles. The van der Waals surface area contributed by atoms with Crippen LogP contribution < -0.4 is 0 Å². The molecule has 1 N–H and O–H groups in total. The summed E-state index contributed by atoms with van der Waals surface area (Å²) in [5.41, 5.74) is 12.6. The summed E-state index contributed by atoms with van der Waals surface area (Å²) >= 11 is 0. The van der Waals surface area contributed by atoms with Crippen molar-refractivity contribution in [2.75, 3.05) is 27.9 Å². The molecule has 16 nitrogen and oxygen atoms in total. The van der Waals surface area contributed by atoms with Crippen LogP contribution in [0.25, 0.3) is 54.8 Å². The zero-order valence-electron chi connectivity index (χ0n) is 22.2. The highest BCUT2D eigenvalue weighted by atomic mass is 16.5. The maximum atomic E-state index is 11.5. The summed E-state index contributed by atoms with van der Waals surface area (Å²) < 4.78 is 16.4. The summed E-state index contributed by atoms with van der Waals surface area (Å²) in [5, 5.41) is 21.3. The molecule has 0 fully saturated rings. The number of methoxy groups -OCH3 is 3. The summed E-state index contributed by atoms with van der Waals surface area (Å²) in [6.45, 7) is -0.231. The normalized spacial score (nSPS) is 10.4. The fourth-order valence-corrected chi connectivity index (χ4v) is 3.78. The Morgan fingerprint density at radius 1 is 0.805 bits per heavy atom. The van der Waals surface area contributed by atoms with Crippen LogP contribution in [0.2, 0.25) is 0 Å². The Bertz CT molecular complexity index is 1650. The highest BCUT2D eigenvalue weighted by Gasteiger charge is 2.13. The van der Waals surface area contributed by atoms with Crippen molar-refractivity contribution in [3.05, 3.63) is 59.2 Å². The van der Waals surface area contributed by atoms with Gasteiger partial charge in [-0.3, -0.25) is 14.4 Å². The van der Waals surface area contributed by atoms with Crippen LogP contribution in [-0.2, 0) is 41.7 Å². The molecule has 0 bridgehead atoms. The number of aromatic nitrogens is 7. The van der Waals surface area contributed by atoms with E-state index in [1.54, 1.807) is 12.4 Å². The van der Waals surface area contributed by atoms with Crippen molar-refractivity contribution in [3.63, 3.8) is 0 Å². The molecule has 2 aromatic carbocycles. The molecule has 0 saturated heterocycles. The highest BCUT2D eigenvalue weighted by molar-refractivity contribution is 6.09. The van der Waals surface area contributed by atoms with Gasteiger partial charge in [-0.1, -0.05) is 27.7 Å². The molecule has 3 heterocycles. The Kier molecular flexibility index (Phi) is 8.86. The van der Waals surface area contributed by atoms with Gasteiger partial charge in [-0.2, -0.15) is 0 Å². The van der Waals surface area contributed by atoms with Gasteiger partial charge in [-0.15, -0.1) is 10.2 Å². The van der Waals surface area contributed by atoms with Gasteiger partial charge >= 0.3 is 17.9 Å². The summed E-state index contributed by atoms with van der Waals surface area (Å²) in [5.74, 6) is -1.31. The predicted octanol–water partition coefficient (Wildman–Crippen LogP) is 2.65. The summed E-state index contributed by atoms with van der Waals surface area (Å²) in [4.78, 5) is 38.8. The number of carbonyl (C=O) groups excluding carboxylic acids is 3. The second-order valence-corrected chi connectivity index (χ2v) is 8.37. The monoisotopic (exact) mass is 560 g/mol. The van der Waals surface area contributed by atoms with Crippen LogP contribution in [0.1, 0.15) is 0 Å². The topological polar surface area (TPSA) is 205 Å². The van der Waals surface area contributed by atoms with Crippen LogP contribution in [0, 0.1) is 0 Å². The minimum Gasteiger partial charge on any atom is -0.469 e. The van der Waals surface area contributed by atoms with E-state index >= 15 is 0 Å². The van der Waals surface area contributed by atoms with Crippen molar-refractivity contribution in [2.24, 2.45) is 5.11 Å². The largest absolute Gasteiger partial charge is 0.469 e. The molecule has 3 aromatic heterocycles. The van der Waals surface area contributed by atoms with Gasteiger partial charge in [-0.05, 0) is 29.8 Å². The van der Waals surface area contributed by atoms with Gasteiger partial charge in [0.25, 0.3) is 0 Å². The third kappa shape index (κ3) is 6.82. The number of ether oxygens (including phenoxy) is 3. The third-order valence-electron chi connectivity index (χ3n) is 5.80. The van der Waals surface area contributed by atoms with Crippen molar-refractivity contribution in [1.82, 2.24) is 35.0 Å². The third-order valence-corrected chi connectivity index (χ3v) is 5.80. The smallest absolute Gasteiger partial charge is 0.327 e. The number of esters is 3. The lowest BCUT2D eigenvalue weighted by atomic mass is 10.0. The van der Waals surface area contributed by atoms with Gasteiger partial charge in [0.1, 0.15) is 31.0 Å². The lowest BCUT2D eigenvalue weighted by Gasteiger charge is -2.00. The number of H-pyrrole nitrogens is 1. The van der Waals surface area contributed by atoms with E-state index in [1.165, 1.54) is 30.7 Å². The van der Waals surface area contributed by atoms with Crippen molar-refractivity contribution in [1.29, 1.82) is 0 Å². The number of azide groups is 1. The Balaban J connectivity index is 0.000000426. The van der Waals surface area contributed by atoms with Crippen molar-refractivity contribution >= 4 is 39.7 Å². The minimum absolute atomic E-state index is 0.00114. The SMILES string of the molecule is COC(=O)CN=[N+]=[N-].COC(=O)Cn1cc(-c2ccc3[nH]c4ccc(-c5cn(CC(=O)OC)nn5)cc4c3c2)nn1. The first-order valence-corrected chi connectivity index (χ1v) is 11.9. The fraction of sp³-hybridized carbons (Fsp3) is 0.240. The van der Waals surface area contributed by atoms with Gasteiger partial charge < -0.3 is 19.2 Å². The Morgan fingerprint density at radius 3 is 1.68 bits per heavy atom. The molecular weight excluding hydrogens is 536 g/mol. The molecule has 0 amide bonds. The molecular formula is C25H24N10O6. The Morgan fingerprint density at radius 2 is 1.27 bits per heavy atom. The van der Waals surface area contributed by atoms with E-state index in [4.69, 9.17) is 5.53 Å². The molecule has 5 aromatic rings. The first kappa shape index (κ1) is 28.3. The number of rotatable bonds is 8. The molecule has 0 spiro atoms. The number of aromatic amines is 1. The molecule has 0 atom stereocenters. The highest BCUT2D eigenvalue weighted by Crippen LogP contribution is 2.32. The molecule has 41 heavy (non-hydrogen) atoms. The summed E-state index contributed by atoms with van der Waals surface area (Å²) in [6.07, 6.45) is 3.41. The Labute approximate surface area is 231 Å². The maximum absolute atomic E-state index is 11.5. The molecule has 0 saturated carbocycles. The van der Waals surface area contributed by atoms with Gasteiger partial charge in [0.2, 0.25) is 0 Å². The van der Waals surface area contributed by atoms with E-state index in [0.717, 1.165) is 32.9 Å². The van der Waals surface area contributed by atoms with Crippen LogP contribution in [-0.4, -0.2) is 80.8 Å². The van der Waals surface area contributed by atoms with Crippen LogP contribution in [0.15, 0.2) is 53.9 Å². The standard InChI is InChI=1S/C22H19N7O4.C3H5N3O2/c1-32-21(30)11-28-9-19(24-26-28)13-3-5-17-15(7-13)16-8-14(4-6-18(16)23-17)20-10-29(27-25-20)12-22(31)33-2;1-8-3(7)2-5-6-4/h3-10,23H,11-12H2,1-2H3;2H2,1H3. The quantitative estimate of drug-likeness (QED) is 0.0965. The average molecular weight is 561 g/mol. The molecule has 0 aliphatic heterocycles. The molecule has 0 aliphatic rings. The fourth-order valence-electron chi connectivity index (χ4n) is 3.78. The number of nitrogens with one attached hydrogen (secondary N) is 1. The van der Waals surface area contributed by atoms with Crippen LogP contribution >= 0.6 is 0 Å². The molecule has 5 rings (SSSR count).